The zero-order valence-corrected chi connectivity index (χ0v) is 9.92. The van der Waals surface area contributed by atoms with Gasteiger partial charge in [0.25, 0.3) is 0 Å². The summed E-state index contributed by atoms with van der Waals surface area (Å²) in [6.45, 7) is 6.53. The standard InChI is InChI=1S/C11H22N2O2/c1-4-11(3,12)9(14)13-7-5-6-10(2,15)8-13/h15H,4-8,12H2,1-3H3. The summed E-state index contributed by atoms with van der Waals surface area (Å²) in [5.41, 5.74) is 4.36. The average molecular weight is 214 g/mol. The van der Waals surface area contributed by atoms with Gasteiger partial charge >= 0.3 is 0 Å². The first-order valence-corrected chi connectivity index (χ1v) is 5.59. The molecule has 1 fully saturated rings. The highest BCUT2D eigenvalue weighted by molar-refractivity contribution is 5.85. The molecule has 1 aliphatic rings. The molecule has 0 aliphatic carbocycles. The lowest BCUT2D eigenvalue weighted by Crippen LogP contribution is -2.58. The lowest BCUT2D eigenvalue weighted by atomic mass is 9.92. The number of piperidine rings is 1. The molecule has 0 bridgehead atoms. The summed E-state index contributed by atoms with van der Waals surface area (Å²) in [4.78, 5) is 13.7. The fraction of sp³-hybridized carbons (Fsp3) is 0.909. The number of carbonyl (C=O) groups excluding carboxylic acids is 1. The number of β-amino-alcohol motifs (C(OH)–C–C–N with tert-alkyl or cyclic N) is 1. The number of carbonyl (C=O) groups is 1. The van der Waals surface area contributed by atoms with Crippen molar-refractivity contribution < 1.29 is 9.90 Å². The van der Waals surface area contributed by atoms with Gasteiger partial charge in [-0.1, -0.05) is 6.92 Å². The summed E-state index contributed by atoms with van der Waals surface area (Å²) < 4.78 is 0. The third-order valence-corrected chi connectivity index (χ3v) is 3.19. The Balaban J connectivity index is 2.68. The Morgan fingerprint density at radius 2 is 2.27 bits per heavy atom. The van der Waals surface area contributed by atoms with E-state index >= 15 is 0 Å². The number of nitrogens with zero attached hydrogens (tertiary/aromatic N) is 1. The number of nitrogens with two attached hydrogens (primary N) is 1. The van der Waals surface area contributed by atoms with Crippen molar-refractivity contribution in [3.63, 3.8) is 0 Å². The van der Waals surface area contributed by atoms with Crippen LogP contribution in [-0.4, -0.2) is 40.1 Å². The van der Waals surface area contributed by atoms with Crippen LogP contribution < -0.4 is 5.73 Å². The number of amides is 1. The Morgan fingerprint density at radius 1 is 1.67 bits per heavy atom. The van der Waals surface area contributed by atoms with Gasteiger partial charge in [-0.2, -0.15) is 0 Å². The molecule has 4 heteroatoms. The molecule has 0 radical (unpaired) electrons. The van der Waals surface area contributed by atoms with Crippen LogP contribution in [0.3, 0.4) is 0 Å². The molecule has 1 saturated heterocycles. The van der Waals surface area contributed by atoms with E-state index in [4.69, 9.17) is 5.73 Å². The van der Waals surface area contributed by atoms with Gasteiger partial charge in [0.1, 0.15) is 0 Å². The summed E-state index contributed by atoms with van der Waals surface area (Å²) in [5, 5.41) is 9.90. The van der Waals surface area contributed by atoms with Crippen LogP contribution >= 0.6 is 0 Å². The van der Waals surface area contributed by atoms with E-state index in [0.29, 0.717) is 19.5 Å². The van der Waals surface area contributed by atoms with E-state index in [-0.39, 0.29) is 5.91 Å². The van der Waals surface area contributed by atoms with Crippen molar-refractivity contribution in [2.45, 2.75) is 51.2 Å². The van der Waals surface area contributed by atoms with E-state index in [1.807, 2.05) is 6.92 Å². The monoisotopic (exact) mass is 214 g/mol. The van der Waals surface area contributed by atoms with Crippen LogP contribution in [-0.2, 0) is 4.79 Å². The Kier molecular flexibility index (Phi) is 3.41. The van der Waals surface area contributed by atoms with Gasteiger partial charge in [0.15, 0.2) is 0 Å². The first kappa shape index (κ1) is 12.5. The van der Waals surface area contributed by atoms with Gasteiger partial charge in [-0.05, 0) is 33.1 Å². The number of rotatable bonds is 2. The minimum absolute atomic E-state index is 0.0509. The fourth-order valence-electron chi connectivity index (χ4n) is 1.91. The van der Waals surface area contributed by atoms with E-state index in [9.17, 15) is 9.90 Å². The van der Waals surface area contributed by atoms with Gasteiger partial charge < -0.3 is 15.7 Å². The second-order valence-corrected chi connectivity index (χ2v) is 5.10. The quantitative estimate of drug-likeness (QED) is 0.703. The highest BCUT2D eigenvalue weighted by Gasteiger charge is 2.36. The lowest BCUT2D eigenvalue weighted by molar-refractivity contribution is -0.142. The van der Waals surface area contributed by atoms with Gasteiger partial charge in [-0.3, -0.25) is 4.79 Å². The Labute approximate surface area is 91.4 Å². The summed E-state index contributed by atoms with van der Waals surface area (Å²) in [6.07, 6.45) is 2.22. The molecule has 1 rings (SSSR count). The molecular weight excluding hydrogens is 192 g/mol. The molecule has 0 aromatic heterocycles. The molecule has 88 valence electrons. The van der Waals surface area contributed by atoms with Crippen molar-refractivity contribution in [1.82, 2.24) is 4.90 Å². The smallest absolute Gasteiger partial charge is 0.242 e. The van der Waals surface area contributed by atoms with Crippen molar-refractivity contribution in [3.8, 4) is 0 Å². The number of hydrogen-bond acceptors (Lipinski definition) is 3. The first-order chi connectivity index (χ1) is 6.78. The third kappa shape index (κ3) is 2.92. The van der Waals surface area contributed by atoms with Crippen LogP contribution in [0, 0.1) is 0 Å². The van der Waals surface area contributed by atoms with Crippen LogP contribution in [0.4, 0.5) is 0 Å². The lowest BCUT2D eigenvalue weighted by Gasteiger charge is -2.40. The molecule has 0 spiro atoms. The van der Waals surface area contributed by atoms with E-state index in [1.54, 1.807) is 18.7 Å². The predicted octanol–water partition coefficient (Wildman–Crippen LogP) is 0.487. The summed E-state index contributed by atoms with van der Waals surface area (Å²) in [6, 6.07) is 0. The van der Waals surface area contributed by atoms with Crippen molar-refractivity contribution in [2.24, 2.45) is 5.73 Å². The van der Waals surface area contributed by atoms with E-state index < -0.39 is 11.1 Å². The summed E-state index contributed by atoms with van der Waals surface area (Å²) in [7, 11) is 0. The predicted molar refractivity (Wildman–Crippen MR) is 59.3 cm³/mol. The maximum Gasteiger partial charge on any atom is 0.242 e. The van der Waals surface area contributed by atoms with Gasteiger partial charge in [0.2, 0.25) is 5.91 Å². The molecule has 0 saturated carbocycles. The maximum atomic E-state index is 12.0. The molecule has 0 aromatic carbocycles. The highest BCUT2D eigenvalue weighted by Crippen LogP contribution is 2.22. The SMILES string of the molecule is CCC(C)(N)C(=O)N1CCCC(C)(O)C1. The molecular formula is C11H22N2O2. The Bertz CT molecular complexity index is 249. The Morgan fingerprint density at radius 3 is 2.73 bits per heavy atom. The molecule has 0 aromatic rings. The maximum absolute atomic E-state index is 12.0. The van der Waals surface area contributed by atoms with E-state index in [0.717, 1.165) is 12.8 Å². The molecule has 4 nitrogen and oxygen atoms in total. The van der Waals surface area contributed by atoms with E-state index in [2.05, 4.69) is 0 Å². The van der Waals surface area contributed by atoms with E-state index in [1.165, 1.54) is 0 Å². The van der Waals surface area contributed by atoms with Crippen LogP contribution in [0.15, 0.2) is 0 Å². The zero-order chi connectivity index (χ0) is 11.7. The number of likely N-dealkylation sites (tertiary alicyclic amines) is 1. The van der Waals surface area contributed by atoms with Crippen LogP contribution in [0.2, 0.25) is 0 Å². The van der Waals surface area contributed by atoms with Gasteiger partial charge in [-0.15, -0.1) is 0 Å². The second-order valence-electron chi connectivity index (χ2n) is 5.10. The van der Waals surface area contributed by atoms with Crippen molar-refractivity contribution in [1.29, 1.82) is 0 Å². The second kappa shape index (κ2) is 4.10. The zero-order valence-electron chi connectivity index (χ0n) is 9.92. The summed E-state index contributed by atoms with van der Waals surface area (Å²) in [5.74, 6) is -0.0509. The first-order valence-electron chi connectivity index (χ1n) is 5.59. The van der Waals surface area contributed by atoms with Gasteiger partial charge in [0, 0.05) is 13.1 Å². The van der Waals surface area contributed by atoms with Gasteiger partial charge in [-0.25, -0.2) is 0 Å². The van der Waals surface area contributed by atoms with Crippen LogP contribution in [0.5, 0.6) is 0 Å². The van der Waals surface area contributed by atoms with Crippen molar-refractivity contribution >= 4 is 5.91 Å². The minimum Gasteiger partial charge on any atom is -0.388 e. The topological polar surface area (TPSA) is 66.6 Å². The van der Waals surface area contributed by atoms with Crippen LogP contribution in [0.25, 0.3) is 0 Å². The largest absolute Gasteiger partial charge is 0.388 e. The molecule has 2 unspecified atom stereocenters. The number of aliphatic hydroxyl groups is 1. The average Bonchev–Trinajstić information content (AvgIpc) is 2.15. The summed E-state index contributed by atoms with van der Waals surface area (Å²) >= 11 is 0. The fourth-order valence-corrected chi connectivity index (χ4v) is 1.91. The molecule has 1 amide bonds. The van der Waals surface area contributed by atoms with Crippen LogP contribution in [0.1, 0.15) is 40.0 Å². The Hall–Kier alpha value is -0.610. The minimum atomic E-state index is -0.798. The van der Waals surface area contributed by atoms with Gasteiger partial charge in [0.05, 0.1) is 11.1 Å². The van der Waals surface area contributed by atoms with Crippen molar-refractivity contribution in [3.05, 3.63) is 0 Å². The molecule has 2 atom stereocenters. The molecule has 3 N–H and O–H groups in total. The number of hydrogen-bond donors (Lipinski definition) is 2. The third-order valence-electron chi connectivity index (χ3n) is 3.19. The highest BCUT2D eigenvalue weighted by atomic mass is 16.3. The molecule has 1 aliphatic heterocycles. The van der Waals surface area contributed by atoms with Crippen molar-refractivity contribution in [2.75, 3.05) is 13.1 Å². The molecule has 15 heavy (non-hydrogen) atoms. The normalized spacial score (nSPS) is 31.1. The molecule has 1 heterocycles.